The third kappa shape index (κ3) is 5.83. The van der Waals surface area contributed by atoms with E-state index in [0.717, 1.165) is 25.3 Å². The van der Waals surface area contributed by atoms with E-state index in [1.54, 1.807) is 6.07 Å². The molecule has 0 aliphatic carbocycles. The minimum atomic E-state index is -0.154. The standard InChI is InChI=1S/C24H28N2O2/c1-3-19(2)25-24(27)23-15-14-22(28-23)18-26(16-20-10-6-4-7-11-20)17-21-12-8-5-9-13-21/h4-15,19H,3,16-18H2,1-2H3,(H,25,27). The van der Waals surface area contributed by atoms with E-state index < -0.39 is 0 Å². The number of nitrogens with one attached hydrogen (secondary N) is 1. The lowest BCUT2D eigenvalue weighted by molar-refractivity contribution is 0.0906. The molecule has 146 valence electrons. The summed E-state index contributed by atoms with van der Waals surface area (Å²) in [5.41, 5.74) is 2.50. The average molecular weight is 377 g/mol. The highest BCUT2D eigenvalue weighted by Crippen LogP contribution is 2.16. The van der Waals surface area contributed by atoms with Gasteiger partial charge >= 0.3 is 0 Å². The minimum Gasteiger partial charge on any atom is -0.455 e. The van der Waals surface area contributed by atoms with Gasteiger partial charge in [-0.15, -0.1) is 0 Å². The number of amides is 1. The second-order valence-electron chi connectivity index (χ2n) is 7.17. The third-order valence-electron chi connectivity index (χ3n) is 4.75. The fourth-order valence-corrected chi connectivity index (χ4v) is 3.05. The first kappa shape index (κ1) is 19.9. The molecule has 1 aromatic heterocycles. The molecule has 28 heavy (non-hydrogen) atoms. The van der Waals surface area contributed by atoms with Gasteiger partial charge in [0.15, 0.2) is 5.76 Å². The van der Waals surface area contributed by atoms with Crippen LogP contribution in [0.3, 0.4) is 0 Å². The molecule has 0 bridgehead atoms. The van der Waals surface area contributed by atoms with Crippen LogP contribution in [-0.2, 0) is 19.6 Å². The topological polar surface area (TPSA) is 45.5 Å². The Morgan fingerprint density at radius 2 is 1.46 bits per heavy atom. The van der Waals surface area contributed by atoms with Crippen molar-refractivity contribution in [1.29, 1.82) is 0 Å². The van der Waals surface area contributed by atoms with E-state index in [0.29, 0.717) is 12.3 Å². The van der Waals surface area contributed by atoms with Gasteiger partial charge in [-0.05, 0) is 36.6 Å². The van der Waals surface area contributed by atoms with E-state index in [1.165, 1.54) is 11.1 Å². The number of nitrogens with zero attached hydrogens (tertiary/aromatic N) is 1. The molecule has 2 aromatic carbocycles. The molecule has 1 atom stereocenters. The number of carbonyl (C=O) groups is 1. The largest absolute Gasteiger partial charge is 0.455 e. The van der Waals surface area contributed by atoms with Crippen LogP contribution in [0.5, 0.6) is 0 Å². The van der Waals surface area contributed by atoms with Crippen molar-refractivity contribution in [2.75, 3.05) is 0 Å². The first-order valence-electron chi connectivity index (χ1n) is 9.84. The summed E-state index contributed by atoms with van der Waals surface area (Å²) in [4.78, 5) is 14.6. The maximum absolute atomic E-state index is 12.3. The molecule has 3 aromatic rings. The Morgan fingerprint density at radius 3 is 2.00 bits per heavy atom. The summed E-state index contributed by atoms with van der Waals surface area (Å²) < 4.78 is 5.84. The number of hydrogen-bond donors (Lipinski definition) is 1. The summed E-state index contributed by atoms with van der Waals surface area (Å²) in [5, 5.41) is 2.95. The Hall–Kier alpha value is -2.85. The van der Waals surface area contributed by atoms with E-state index >= 15 is 0 Å². The second kappa shape index (κ2) is 9.90. The number of carbonyl (C=O) groups excluding carboxylic acids is 1. The molecule has 0 spiro atoms. The summed E-state index contributed by atoms with van der Waals surface area (Å²) in [6, 6.07) is 24.6. The van der Waals surface area contributed by atoms with Gasteiger partial charge in [0.25, 0.3) is 5.91 Å². The summed E-state index contributed by atoms with van der Waals surface area (Å²) in [6.45, 7) is 6.29. The van der Waals surface area contributed by atoms with Gasteiger partial charge in [0, 0.05) is 19.1 Å². The van der Waals surface area contributed by atoms with Crippen molar-refractivity contribution >= 4 is 5.91 Å². The second-order valence-corrected chi connectivity index (χ2v) is 7.17. The van der Waals surface area contributed by atoms with Crippen LogP contribution in [0.25, 0.3) is 0 Å². The monoisotopic (exact) mass is 376 g/mol. The fourth-order valence-electron chi connectivity index (χ4n) is 3.05. The highest BCUT2D eigenvalue weighted by Gasteiger charge is 2.15. The van der Waals surface area contributed by atoms with E-state index in [-0.39, 0.29) is 11.9 Å². The highest BCUT2D eigenvalue weighted by atomic mass is 16.4. The van der Waals surface area contributed by atoms with Crippen LogP contribution in [0.2, 0.25) is 0 Å². The summed E-state index contributed by atoms with van der Waals surface area (Å²) in [7, 11) is 0. The number of hydrogen-bond acceptors (Lipinski definition) is 3. The van der Waals surface area contributed by atoms with Crippen molar-refractivity contribution in [3.8, 4) is 0 Å². The van der Waals surface area contributed by atoms with Gasteiger partial charge in [-0.1, -0.05) is 67.6 Å². The Labute approximate surface area is 167 Å². The molecule has 0 aliphatic rings. The van der Waals surface area contributed by atoms with Crippen molar-refractivity contribution in [1.82, 2.24) is 10.2 Å². The lowest BCUT2D eigenvalue weighted by Crippen LogP contribution is -2.31. The Kier molecular flexibility index (Phi) is 7.04. The van der Waals surface area contributed by atoms with Gasteiger partial charge in [-0.25, -0.2) is 0 Å². The van der Waals surface area contributed by atoms with Crippen molar-refractivity contribution in [2.45, 2.75) is 45.9 Å². The molecule has 0 saturated heterocycles. The number of furan rings is 1. The number of rotatable bonds is 9. The van der Waals surface area contributed by atoms with E-state index in [9.17, 15) is 4.79 Å². The van der Waals surface area contributed by atoms with Crippen LogP contribution in [0, 0.1) is 0 Å². The molecule has 4 heteroatoms. The van der Waals surface area contributed by atoms with Gasteiger partial charge in [0.2, 0.25) is 0 Å². The Balaban J connectivity index is 1.71. The molecule has 1 amide bonds. The molecular weight excluding hydrogens is 348 g/mol. The van der Waals surface area contributed by atoms with E-state index in [2.05, 4.69) is 58.7 Å². The lowest BCUT2D eigenvalue weighted by atomic mass is 10.1. The summed E-state index contributed by atoms with van der Waals surface area (Å²) >= 11 is 0. The van der Waals surface area contributed by atoms with Crippen LogP contribution in [0.1, 0.15) is 47.7 Å². The maximum atomic E-state index is 12.3. The normalized spacial score (nSPS) is 12.1. The van der Waals surface area contributed by atoms with Crippen LogP contribution in [-0.4, -0.2) is 16.8 Å². The molecule has 1 unspecified atom stereocenters. The van der Waals surface area contributed by atoms with Crippen LogP contribution in [0.15, 0.2) is 77.2 Å². The zero-order valence-electron chi connectivity index (χ0n) is 16.6. The quantitative estimate of drug-likeness (QED) is 0.571. The summed E-state index contributed by atoms with van der Waals surface area (Å²) in [5.74, 6) is 1.01. The van der Waals surface area contributed by atoms with Crippen LogP contribution < -0.4 is 5.32 Å². The van der Waals surface area contributed by atoms with Gasteiger partial charge in [-0.2, -0.15) is 0 Å². The van der Waals surface area contributed by atoms with Gasteiger partial charge < -0.3 is 9.73 Å². The molecule has 3 rings (SSSR count). The maximum Gasteiger partial charge on any atom is 0.287 e. The zero-order valence-corrected chi connectivity index (χ0v) is 16.6. The predicted molar refractivity (Wildman–Crippen MR) is 112 cm³/mol. The van der Waals surface area contributed by atoms with E-state index in [4.69, 9.17) is 4.42 Å². The molecule has 4 nitrogen and oxygen atoms in total. The summed E-state index contributed by atoms with van der Waals surface area (Å²) in [6.07, 6.45) is 0.890. The first-order valence-corrected chi connectivity index (χ1v) is 9.84. The van der Waals surface area contributed by atoms with Crippen LogP contribution in [0.4, 0.5) is 0 Å². The zero-order chi connectivity index (χ0) is 19.8. The third-order valence-corrected chi connectivity index (χ3v) is 4.75. The van der Waals surface area contributed by atoms with Crippen LogP contribution >= 0.6 is 0 Å². The number of benzene rings is 2. The predicted octanol–water partition coefficient (Wildman–Crippen LogP) is 5.01. The Bertz CT molecular complexity index is 817. The SMILES string of the molecule is CCC(C)NC(=O)c1ccc(CN(Cc2ccccc2)Cc2ccccc2)o1. The minimum absolute atomic E-state index is 0.133. The Morgan fingerprint density at radius 1 is 0.893 bits per heavy atom. The molecule has 0 aliphatic heterocycles. The van der Waals surface area contributed by atoms with Gasteiger partial charge in [-0.3, -0.25) is 9.69 Å². The van der Waals surface area contributed by atoms with E-state index in [1.807, 2.05) is 32.0 Å². The molecule has 0 radical (unpaired) electrons. The van der Waals surface area contributed by atoms with Crippen molar-refractivity contribution in [2.24, 2.45) is 0 Å². The van der Waals surface area contributed by atoms with Gasteiger partial charge in [0.1, 0.15) is 5.76 Å². The molecule has 0 saturated carbocycles. The average Bonchev–Trinajstić information content (AvgIpc) is 3.18. The fraction of sp³-hybridized carbons (Fsp3) is 0.292. The lowest BCUT2D eigenvalue weighted by Gasteiger charge is -2.21. The van der Waals surface area contributed by atoms with Crippen molar-refractivity contribution in [3.63, 3.8) is 0 Å². The molecule has 1 N–H and O–H groups in total. The van der Waals surface area contributed by atoms with Crippen molar-refractivity contribution in [3.05, 3.63) is 95.4 Å². The first-order chi connectivity index (χ1) is 13.6. The highest BCUT2D eigenvalue weighted by molar-refractivity contribution is 5.91. The molecule has 1 heterocycles. The molecular formula is C24H28N2O2. The smallest absolute Gasteiger partial charge is 0.287 e. The molecule has 0 fully saturated rings. The van der Waals surface area contributed by atoms with Crippen molar-refractivity contribution < 1.29 is 9.21 Å². The van der Waals surface area contributed by atoms with Gasteiger partial charge in [0.05, 0.1) is 6.54 Å².